The topological polar surface area (TPSA) is 12.0 Å². The van der Waals surface area contributed by atoms with Crippen LogP contribution in [0.4, 0.5) is 8.78 Å². The maximum Gasteiger partial charge on any atom is 0.129 e. The van der Waals surface area contributed by atoms with E-state index in [-0.39, 0.29) is 0 Å². The molecule has 1 nitrogen and oxygen atoms in total. The van der Waals surface area contributed by atoms with E-state index in [2.05, 4.69) is 19.2 Å². The second-order valence-electron chi connectivity index (χ2n) is 3.94. The largest absolute Gasteiger partial charge is 0.314 e. The van der Waals surface area contributed by atoms with Gasteiger partial charge in [-0.25, -0.2) is 8.78 Å². The molecule has 1 N–H and O–H groups in total. The van der Waals surface area contributed by atoms with Crippen LogP contribution in [0.1, 0.15) is 32.3 Å². The van der Waals surface area contributed by atoms with Crippen LogP contribution in [0.5, 0.6) is 0 Å². The highest BCUT2D eigenvalue weighted by Crippen LogP contribution is 2.13. The lowest BCUT2D eigenvalue weighted by molar-refractivity contribution is 0.474. The first-order chi connectivity index (χ1) is 7.67. The van der Waals surface area contributed by atoms with Crippen LogP contribution in [0.2, 0.25) is 0 Å². The molecule has 1 atom stereocenters. The van der Waals surface area contributed by atoms with Crippen molar-refractivity contribution in [1.82, 2.24) is 5.32 Å². The Morgan fingerprint density at radius 2 is 2.00 bits per heavy atom. The summed E-state index contributed by atoms with van der Waals surface area (Å²) in [5.74, 6) is -0.952. The van der Waals surface area contributed by atoms with Crippen LogP contribution in [0.3, 0.4) is 0 Å². The highest BCUT2D eigenvalue weighted by molar-refractivity contribution is 5.18. The van der Waals surface area contributed by atoms with Gasteiger partial charge in [0.2, 0.25) is 0 Å². The highest BCUT2D eigenvalue weighted by Gasteiger charge is 2.08. The zero-order chi connectivity index (χ0) is 12.0. The smallest absolute Gasteiger partial charge is 0.129 e. The predicted molar refractivity (Wildman–Crippen MR) is 62.4 cm³/mol. The molecule has 1 aromatic carbocycles. The Kier molecular flexibility index (Phi) is 5.39. The summed E-state index contributed by atoms with van der Waals surface area (Å²) in [6.07, 6.45) is 2.56. The Morgan fingerprint density at radius 1 is 1.25 bits per heavy atom. The van der Waals surface area contributed by atoms with Crippen LogP contribution in [0.15, 0.2) is 18.2 Å². The van der Waals surface area contributed by atoms with Crippen molar-refractivity contribution in [3.63, 3.8) is 0 Å². The van der Waals surface area contributed by atoms with Gasteiger partial charge in [0, 0.05) is 12.1 Å². The molecular weight excluding hydrogens is 208 g/mol. The van der Waals surface area contributed by atoms with Crippen molar-refractivity contribution in [3.8, 4) is 0 Å². The highest BCUT2D eigenvalue weighted by atomic mass is 19.1. The van der Waals surface area contributed by atoms with Crippen molar-refractivity contribution >= 4 is 0 Å². The minimum Gasteiger partial charge on any atom is -0.314 e. The van der Waals surface area contributed by atoms with E-state index in [1.54, 1.807) is 0 Å². The van der Waals surface area contributed by atoms with Crippen molar-refractivity contribution in [2.45, 2.75) is 39.2 Å². The molecule has 0 spiro atoms. The number of benzene rings is 1. The Morgan fingerprint density at radius 3 is 2.56 bits per heavy atom. The van der Waals surface area contributed by atoms with Crippen LogP contribution in [-0.2, 0) is 6.42 Å². The maximum absolute atomic E-state index is 13.3. The van der Waals surface area contributed by atoms with E-state index in [0.29, 0.717) is 18.0 Å². The molecule has 0 radical (unpaired) electrons. The molecule has 0 fully saturated rings. The number of nitrogens with one attached hydrogen (secondary N) is 1. The van der Waals surface area contributed by atoms with Crippen molar-refractivity contribution in [1.29, 1.82) is 0 Å². The van der Waals surface area contributed by atoms with E-state index in [1.165, 1.54) is 12.1 Å². The third-order valence-corrected chi connectivity index (χ3v) is 2.76. The number of aryl methyl sites for hydroxylation is 1. The lowest BCUT2D eigenvalue weighted by atomic mass is 10.0. The molecule has 3 heteroatoms. The number of hydrogen-bond acceptors (Lipinski definition) is 1. The van der Waals surface area contributed by atoms with Gasteiger partial charge in [0.05, 0.1) is 0 Å². The minimum absolute atomic E-state index is 0.412. The maximum atomic E-state index is 13.3. The molecule has 1 rings (SSSR count). The molecule has 0 amide bonds. The van der Waals surface area contributed by atoms with E-state index in [0.717, 1.165) is 25.5 Å². The molecule has 0 heterocycles. The lowest BCUT2D eigenvalue weighted by Crippen LogP contribution is -2.28. The summed E-state index contributed by atoms with van der Waals surface area (Å²) in [5.41, 5.74) is 0.595. The Hall–Kier alpha value is -0.960. The fourth-order valence-electron chi connectivity index (χ4n) is 1.79. The van der Waals surface area contributed by atoms with Crippen LogP contribution >= 0.6 is 0 Å². The van der Waals surface area contributed by atoms with Crippen LogP contribution < -0.4 is 5.32 Å². The first-order valence-electron chi connectivity index (χ1n) is 5.84. The summed E-state index contributed by atoms with van der Waals surface area (Å²) in [7, 11) is 0. The molecule has 16 heavy (non-hydrogen) atoms. The number of hydrogen-bond donors (Lipinski definition) is 1. The SMILES string of the molecule is CCNC(CC)CCc1ccc(F)cc1F. The van der Waals surface area contributed by atoms with Crippen molar-refractivity contribution < 1.29 is 8.78 Å². The van der Waals surface area contributed by atoms with Gasteiger partial charge in [-0.05, 0) is 37.4 Å². The van der Waals surface area contributed by atoms with Crippen molar-refractivity contribution in [3.05, 3.63) is 35.4 Å². The average molecular weight is 227 g/mol. The van der Waals surface area contributed by atoms with Gasteiger partial charge in [-0.15, -0.1) is 0 Å². The van der Waals surface area contributed by atoms with Crippen LogP contribution in [-0.4, -0.2) is 12.6 Å². The van der Waals surface area contributed by atoms with Crippen molar-refractivity contribution in [2.75, 3.05) is 6.54 Å². The summed E-state index contributed by atoms with van der Waals surface area (Å²) < 4.78 is 26.0. The first-order valence-corrected chi connectivity index (χ1v) is 5.84. The van der Waals surface area contributed by atoms with Crippen LogP contribution in [0, 0.1) is 11.6 Å². The predicted octanol–water partition coefficient (Wildman–Crippen LogP) is 3.29. The molecule has 0 saturated heterocycles. The van der Waals surface area contributed by atoms with E-state index in [1.807, 2.05) is 0 Å². The summed E-state index contributed by atoms with van der Waals surface area (Å²) in [6.45, 7) is 5.08. The molecular formula is C13H19F2N. The average Bonchev–Trinajstić information content (AvgIpc) is 2.26. The summed E-state index contributed by atoms with van der Waals surface area (Å²) in [5, 5.41) is 3.34. The standard InChI is InChI=1S/C13H19F2N/c1-3-12(16-4-2)8-6-10-5-7-11(14)9-13(10)15/h5,7,9,12,16H,3-4,6,8H2,1-2H3. The normalized spacial score (nSPS) is 12.8. The monoisotopic (exact) mass is 227 g/mol. The molecule has 1 unspecified atom stereocenters. The van der Waals surface area contributed by atoms with Gasteiger partial charge >= 0.3 is 0 Å². The Labute approximate surface area is 95.9 Å². The summed E-state index contributed by atoms with van der Waals surface area (Å²) in [4.78, 5) is 0. The summed E-state index contributed by atoms with van der Waals surface area (Å²) in [6, 6.07) is 4.20. The molecule has 0 bridgehead atoms. The number of halogens is 2. The lowest BCUT2D eigenvalue weighted by Gasteiger charge is -2.15. The molecule has 0 saturated carbocycles. The van der Waals surface area contributed by atoms with Gasteiger partial charge in [-0.3, -0.25) is 0 Å². The summed E-state index contributed by atoms with van der Waals surface area (Å²) >= 11 is 0. The van der Waals surface area contributed by atoms with E-state index in [9.17, 15) is 8.78 Å². The first kappa shape index (κ1) is 13.1. The van der Waals surface area contributed by atoms with Gasteiger partial charge in [0.15, 0.2) is 0 Å². The van der Waals surface area contributed by atoms with Crippen LogP contribution in [0.25, 0.3) is 0 Å². The van der Waals surface area contributed by atoms with Gasteiger partial charge in [-0.2, -0.15) is 0 Å². The zero-order valence-corrected chi connectivity index (χ0v) is 9.89. The molecule has 0 aliphatic carbocycles. The molecule has 1 aromatic rings. The van der Waals surface area contributed by atoms with Gasteiger partial charge in [0.25, 0.3) is 0 Å². The third-order valence-electron chi connectivity index (χ3n) is 2.76. The van der Waals surface area contributed by atoms with Gasteiger partial charge in [0.1, 0.15) is 11.6 Å². The minimum atomic E-state index is -0.514. The van der Waals surface area contributed by atoms with Crippen molar-refractivity contribution in [2.24, 2.45) is 0 Å². The van der Waals surface area contributed by atoms with E-state index < -0.39 is 11.6 Å². The quantitative estimate of drug-likeness (QED) is 0.786. The van der Waals surface area contributed by atoms with Gasteiger partial charge < -0.3 is 5.32 Å². The molecule has 0 aliphatic rings. The van der Waals surface area contributed by atoms with E-state index in [4.69, 9.17) is 0 Å². The molecule has 0 aliphatic heterocycles. The zero-order valence-electron chi connectivity index (χ0n) is 9.89. The fourth-order valence-corrected chi connectivity index (χ4v) is 1.79. The van der Waals surface area contributed by atoms with Gasteiger partial charge in [-0.1, -0.05) is 19.9 Å². The second kappa shape index (κ2) is 6.59. The number of rotatable bonds is 6. The molecule has 0 aromatic heterocycles. The molecule has 90 valence electrons. The Balaban J connectivity index is 2.53. The fraction of sp³-hybridized carbons (Fsp3) is 0.538. The second-order valence-corrected chi connectivity index (χ2v) is 3.94. The Bertz CT molecular complexity index is 326. The third kappa shape index (κ3) is 3.89. The van der Waals surface area contributed by atoms with E-state index >= 15 is 0 Å².